The summed E-state index contributed by atoms with van der Waals surface area (Å²) in [7, 11) is 0. The number of benzene rings is 1. The van der Waals surface area contributed by atoms with Crippen molar-refractivity contribution in [3.05, 3.63) is 59.4 Å². The van der Waals surface area contributed by atoms with Crippen molar-refractivity contribution < 1.29 is 9.53 Å². The van der Waals surface area contributed by atoms with Crippen LogP contribution in [0.2, 0.25) is 0 Å². The number of carbonyl (C=O) groups is 1. The summed E-state index contributed by atoms with van der Waals surface area (Å²) in [5, 5.41) is 11.7. The van der Waals surface area contributed by atoms with E-state index in [0.29, 0.717) is 17.9 Å². The van der Waals surface area contributed by atoms with Crippen molar-refractivity contribution in [2.24, 2.45) is 0 Å². The normalized spacial score (nSPS) is 9.71. The highest BCUT2D eigenvalue weighted by Crippen LogP contribution is 2.16. The lowest BCUT2D eigenvalue weighted by atomic mass is 10.2. The van der Waals surface area contributed by atoms with Gasteiger partial charge in [0.25, 0.3) is 5.91 Å². The van der Waals surface area contributed by atoms with Crippen molar-refractivity contribution >= 4 is 5.91 Å². The van der Waals surface area contributed by atoms with Crippen molar-refractivity contribution in [3.8, 4) is 11.8 Å². The highest BCUT2D eigenvalue weighted by atomic mass is 16.5. The van der Waals surface area contributed by atoms with Gasteiger partial charge in [-0.05, 0) is 30.7 Å². The topological polar surface area (TPSA) is 75.0 Å². The second kappa shape index (κ2) is 7.06. The van der Waals surface area contributed by atoms with Crippen LogP contribution < -0.4 is 10.1 Å². The highest BCUT2D eigenvalue weighted by Gasteiger charge is 2.07. The number of para-hydroxylation sites is 1. The summed E-state index contributed by atoms with van der Waals surface area (Å²) in [6.45, 7) is 2.16. The molecule has 0 fully saturated rings. The number of amides is 1. The van der Waals surface area contributed by atoms with Crippen LogP contribution in [-0.2, 0) is 11.3 Å². The first-order chi connectivity index (χ1) is 10.2. The predicted octanol–water partition coefficient (Wildman–Crippen LogP) is 1.96. The third-order valence-electron chi connectivity index (χ3n) is 2.94. The first-order valence-corrected chi connectivity index (χ1v) is 6.50. The lowest BCUT2D eigenvalue weighted by molar-refractivity contribution is -0.123. The van der Waals surface area contributed by atoms with Crippen molar-refractivity contribution in [3.63, 3.8) is 0 Å². The summed E-state index contributed by atoms with van der Waals surface area (Å²) in [5.41, 5.74) is 2.25. The second-order valence-electron chi connectivity index (χ2n) is 4.44. The van der Waals surface area contributed by atoms with Gasteiger partial charge in [0.15, 0.2) is 6.61 Å². The van der Waals surface area contributed by atoms with Gasteiger partial charge in [-0.15, -0.1) is 0 Å². The Morgan fingerprint density at radius 2 is 2.14 bits per heavy atom. The molecular weight excluding hydrogens is 266 g/mol. The molecule has 1 aromatic heterocycles. The maximum Gasteiger partial charge on any atom is 0.258 e. The van der Waals surface area contributed by atoms with Crippen molar-refractivity contribution in [1.29, 1.82) is 5.26 Å². The minimum atomic E-state index is -0.257. The number of nitriles is 1. The molecule has 5 nitrogen and oxygen atoms in total. The minimum Gasteiger partial charge on any atom is -0.482 e. The fourth-order valence-corrected chi connectivity index (χ4v) is 1.76. The molecule has 1 amide bonds. The van der Waals surface area contributed by atoms with Crippen LogP contribution in [0.4, 0.5) is 0 Å². The quantitative estimate of drug-likeness (QED) is 0.909. The molecule has 0 aliphatic carbocycles. The SMILES string of the molecule is Cc1cccnc1CNC(=O)COc1ccccc1C#N. The number of hydrogen-bond acceptors (Lipinski definition) is 4. The zero-order valence-corrected chi connectivity index (χ0v) is 11.7. The van der Waals surface area contributed by atoms with Crippen LogP contribution in [0, 0.1) is 18.3 Å². The number of pyridine rings is 1. The molecule has 1 heterocycles. The van der Waals surface area contributed by atoms with Gasteiger partial charge in [-0.2, -0.15) is 5.26 Å². The monoisotopic (exact) mass is 281 g/mol. The van der Waals surface area contributed by atoms with E-state index in [0.717, 1.165) is 11.3 Å². The Morgan fingerprint density at radius 3 is 2.90 bits per heavy atom. The summed E-state index contributed by atoms with van der Waals surface area (Å²) in [5.74, 6) is 0.150. The molecule has 1 N–H and O–H groups in total. The average Bonchev–Trinajstić information content (AvgIpc) is 2.52. The molecule has 0 atom stereocenters. The van der Waals surface area contributed by atoms with E-state index < -0.39 is 0 Å². The Hall–Kier alpha value is -2.87. The zero-order chi connectivity index (χ0) is 15.1. The molecule has 5 heteroatoms. The highest BCUT2D eigenvalue weighted by molar-refractivity contribution is 5.77. The molecule has 0 aliphatic rings. The molecule has 0 radical (unpaired) electrons. The Morgan fingerprint density at radius 1 is 1.33 bits per heavy atom. The van der Waals surface area contributed by atoms with Gasteiger partial charge in [0.1, 0.15) is 11.8 Å². The van der Waals surface area contributed by atoms with Crippen molar-refractivity contribution in [1.82, 2.24) is 10.3 Å². The Balaban J connectivity index is 1.86. The van der Waals surface area contributed by atoms with Gasteiger partial charge >= 0.3 is 0 Å². The lowest BCUT2D eigenvalue weighted by Crippen LogP contribution is -2.29. The van der Waals surface area contributed by atoms with Crippen LogP contribution in [0.15, 0.2) is 42.6 Å². The first-order valence-electron chi connectivity index (χ1n) is 6.50. The molecule has 0 spiro atoms. The van der Waals surface area contributed by atoms with Gasteiger partial charge in [-0.25, -0.2) is 0 Å². The number of nitrogens with zero attached hydrogens (tertiary/aromatic N) is 2. The van der Waals surface area contributed by atoms with E-state index in [1.807, 2.05) is 25.1 Å². The fraction of sp³-hybridized carbons (Fsp3) is 0.188. The fourth-order valence-electron chi connectivity index (χ4n) is 1.76. The van der Waals surface area contributed by atoms with E-state index in [-0.39, 0.29) is 12.5 Å². The van der Waals surface area contributed by atoms with Crippen LogP contribution in [-0.4, -0.2) is 17.5 Å². The summed E-state index contributed by atoms with van der Waals surface area (Å²) in [4.78, 5) is 16.0. The van der Waals surface area contributed by atoms with Crippen LogP contribution in [0.1, 0.15) is 16.8 Å². The maximum absolute atomic E-state index is 11.8. The third-order valence-corrected chi connectivity index (χ3v) is 2.94. The molecule has 0 aliphatic heterocycles. The Kier molecular flexibility index (Phi) is 4.89. The first kappa shape index (κ1) is 14.5. The standard InChI is InChI=1S/C16H15N3O2/c1-12-5-4-8-18-14(12)10-19-16(20)11-21-15-7-3-2-6-13(15)9-17/h2-8H,10-11H2,1H3,(H,19,20). The molecule has 106 valence electrons. The van der Waals surface area contributed by atoms with Crippen LogP contribution in [0.25, 0.3) is 0 Å². The van der Waals surface area contributed by atoms with Crippen LogP contribution in [0.5, 0.6) is 5.75 Å². The molecule has 2 rings (SSSR count). The summed E-state index contributed by atoms with van der Waals surface area (Å²) >= 11 is 0. The second-order valence-corrected chi connectivity index (χ2v) is 4.44. The van der Waals surface area contributed by atoms with Gasteiger partial charge < -0.3 is 10.1 Å². The third kappa shape index (κ3) is 4.05. The minimum absolute atomic E-state index is 0.134. The van der Waals surface area contributed by atoms with Crippen molar-refractivity contribution in [2.45, 2.75) is 13.5 Å². The van der Waals surface area contributed by atoms with E-state index in [9.17, 15) is 4.79 Å². The summed E-state index contributed by atoms with van der Waals surface area (Å²) in [6.07, 6.45) is 1.69. The molecule has 0 unspecified atom stereocenters. The average molecular weight is 281 g/mol. The number of aryl methyl sites for hydroxylation is 1. The van der Waals surface area contributed by atoms with E-state index in [4.69, 9.17) is 10.00 Å². The predicted molar refractivity (Wildman–Crippen MR) is 77.5 cm³/mol. The van der Waals surface area contributed by atoms with Gasteiger partial charge in [0.2, 0.25) is 0 Å². The van der Waals surface area contributed by atoms with Gasteiger partial charge in [-0.3, -0.25) is 9.78 Å². The number of hydrogen-bond donors (Lipinski definition) is 1. The van der Waals surface area contributed by atoms with Crippen molar-refractivity contribution in [2.75, 3.05) is 6.61 Å². The molecule has 0 saturated carbocycles. The lowest BCUT2D eigenvalue weighted by Gasteiger charge is -2.09. The van der Waals surface area contributed by atoms with Gasteiger partial charge in [0.05, 0.1) is 17.8 Å². The smallest absolute Gasteiger partial charge is 0.258 e. The number of aromatic nitrogens is 1. The molecule has 1 aromatic carbocycles. The van der Waals surface area contributed by atoms with E-state index >= 15 is 0 Å². The van der Waals surface area contributed by atoms with E-state index in [1.54, 1.807) is 30.5 Å². The number of ether oxygens (including phenoxy) is 1. The molecule has 0 bridgehead atoms. The van der Waals surface area contributed by atoms with E-state index in [1.165, 1.54) is 0 Å². The number of nitrogens with one attached hydrogen (secondary N) is 1. The van der Waals surface area contributed by atoms with Gasteiger partial charge in [-0.1, -0.05) is 18.2 Å². The van der Waals surface area contributed by atoms with Crippen LogP contribution in [0.3, 0.4) is 0 Å². The largest absolute Gasteiger partial charge is 0.482 e. The number of rotatable bonds is 5. The van der Waals surface area contributed by atoms with Gasteiger partial charge in [0, 0.05) is 6.20 Å². The number of carbonyl (C=O) groups excluding carboxylic acids is 1. The summed E-state index contributed by atoms with van der Waals surface area (Å²) < 4.78 is 5.35. The molecular formula is C16H15N3O2. The van der Waals surface area contributed by atoms with Crippen LogP contribution >= 0.6 is 0 Å². The maximum atomic E-state index is 11.8. The molecule has 0 saturated heterocycles. The Labute approximate surface area is 123 Å². The Bertz CT molecular complexity index is 677. The molecule has 2 aromatic rings. The molecule has 21 heavy (non-hydrogen) atoms. The van der Waals surface area contributed by atoms with E-state index in [2.05, 4.69) is 10.3 Å². The summed E-state index contributed by atoms with van der Waals surface area (Å²) in [6, 6.07) is 12.6. The zero-order valence-electron chi connectivity index (χ0n) is 11.7.